The van der Waals surface area contributed by atoms with Crippen molar-refractivity contribution in [2.24, 2.45) is 0 Å². The zero-order valence-electron chi connectivity index (χ0n) is 21.6. The number of hydrogen-bond acceptors (Lipinski definition) is 4. The fraction of sp³-hybridized carbons (Fsp3) is 0.464. The van der Waals surface area contributed by atoms with Gasteiger partial charge in [0.15, 0.2) is 0 Å². The van der Waals surface area contributed by atoms with Gasteiger partial charge in [-0.3, -0.25) is 9.59 Å². The van der Waals surface area contributed by atoms with Gasteiger partial charge in [0.05, 0.1) is 0 Å². The number of amides is 3. The molecule has 0 aliphatic heterocycles. The van der Waals surface area contributed by atoms with Gasteiger partial charge in [-0.05, 0) is 45.2 Å². The highest BCUT2D eigenvalue weighted by atomic mass is 16.6. The number of carbonyl (C=O) groups excluding carboxylic acids is 3. The van der Waals surface area contributed by atoms with Crippen LogP contribution in [0.25, 0.3) is 0 Å². The van der Waals surface area contributed by atoms with E-state index in [1.165, 1.54) is 0 Å². The molecule has 0 saturated carbocycles. The lowest BCUT2D eigenvalue weighted by Gasteiger charge is -2.32. The number of nitrogens with one attached hydrogen (secondary N) is 2. The molecule has 2 aromatic carbocycles. The minimum absolute atomic E-state index is 0.255. The van der Waals surface area contributed by atoms with Crippen molar-refractivity contribution in [3.05, 3.63) is 71.3 Å². The lowest BCUT2D eigenvalue weighted by Crippen LogP contribution is -2.48. The van der Waals surface area contributed by atoms with E-state index in [0.29, 0.717) is 13.1 Å². The van der Waals surface area contributed by atoms with Crippen LogP contribution in [0.5, 0.6) is 0 Å². The molecule has 0 radical (unpaired) electrons. The van der Waals surface area contributed by atoms with Crippen LogP contribution in [0.3, 0.4) is 0 Å². The van der Waals surface area contributed by atoms with E-state index in [1.807, 2.05) is 61.5 Å². The van der Waals surface area contributed by atoms with Crippen LogP contribution in [-0.2, 0) is 20.9 Å². The highest BCUT2D eigenvalue weighted by molar-refractivity contribution is 5.90. The molecule has 3 amide bonds. The van der Waals surface area contributed by atoms with Crippen LogP contribution in [-0.4, -0.2) is 41.5 Å². The Bertz CT molecular complexity index is 952. The maximum Gasteiger partial charge on any atom is 0.408 e. The van der Waals surface area contributed by atoms with E-state index in [0.717, 1.165) is 36.0 Å². The van der Waals surface area contributed by atoms with Gasteiger partial charge in [-0.1, -0.05) is 79.9 Å². The number of unbranched alkanes of at least 4 members (excludes halogenated alkanes) is 2. The topological polar surface area (TPSA) is 87.7 Å². The SMILES string of the molecule is CCCCCN(C(=O)CNC(=O)OC(C)(C)C)C(C(=O)NCc1ccccc1)c1ccc(C)cc1. The Hall–Kier alpha value is -3.35. The van der Waals surface area contributed by atoms with E-state index in [4.69, 9.17) is 4.74 Å². The molecule has 190 valence electrons. The molecule has 0 spiro atoms. The number of carbonyl (C=O) groups is 3. The van der Waals surface area contributed by atoms with Crippen molar-refractivity contribution in [3.63, 3.8) is 0 Å². The Balaban J connectivity index is 2.27. The fourth-order valence-electron chi connectivity index (χ4n) is 3.60. The van der Waals surface area contributed by atoms with Crippen molar-refractivity contribution in [2.45, 2.75) is 72.1 Å². The summed E-state index contributed by atoms with van der Waals surface area (Å²) < 4.78 is 5.26. The van der Waals surface area contributed by atoms with Gasteiger partial charge in [0.2, 0.25) is 11.8 Å². The molecular weight excluding hydrogens is 442 g/mol. The number of benzene rings is 2. The summed E-state index contributed by atoms with van der Waals surface area (Å²) in [6, 6.07) is 16.4. The normalized spacial score (nSPS) is 11.9. The molecule has 0 fully saturated rings. The summed E-state index contributed by atoms with van der Waals surface area (Å²) in [6.45, 7) is 9.84. The summed E-state index contributed by atoms with van der Waals surface area (Å²) in [5, 5.41) is 5.53. The van der Waals surface area contributed by atoms with E-state index in [9.17, 15) is 14.4 Å². The number of aryl methyl sites for hydroxylation is 1. The molecule has 0 aliphatic rings. The van der Waals surface area contributed by atoms with Crippen LogP contribution in [0.1, 0.15) is 69.7 Å². The first-order chi connectivity index (χ1) is 16.6. The first-order valence-electron chi connectivity index (χ1n) is 12.2. The highest BCUT2D eigenvalue weighted by Gasteiger charge is 2.31. The molecule has 1 atom stereocenters. The van der Waals surface area contributed by atoms with Crippen molar-refractivity contribution in [2.75, 3.05) is 13.1 Å². The molecule has 2 N–H and O–H groups in total. The van der Waals surface area contributed by atoms with Gasteiger partial charge in [-0.2, -0.15) is 0 Å². The van der Waals surface area contributed by atoms with Gasteiger partial charge in [0.25, 0.3) is 0 Å². The van der Waals surface area contributed by atoms with Crippen LogP contribution in [0, 0.1) is 6.92 Å². The third-order valence-electron chi connectivity index (χ3n) is 5.37. The monoisotopic (exact) mass is 481 g/mol. The second-order valence-electron chi connectivity index (χ2n) is 9.67. The first kappa shape index (κ1) is 27.9. The van der Waals surface area contributed by atoms with Crippen LogP contribution in [0.4, 0.5) is 4.79 Å². The summed E-state index contributed by atoms with van der Waals surface area (Å²) in [7, 11) is 0. The average Bonchev–Trinajstić information content (AvgIpc) is 2.81. The smallest absolute Gasteiger partial charge is 0.408 e. The molecule has 0 aromatic heterocycles. The second kappa shape index (κ2) is 13.5. The molecule has 1 unspecified atom stereocenters. The van der Waals surface area contributed by atoms with Crippen molar-refractivity contribution in [3.8, 4) is 0 Å². The molecule has 35 heavy (non-hydrogen) atoms. The van der Waals surface area contributed by atoms with Gasteiger partial charge >= 0.3 is 6.09 Å². The third-order valence-corrected chi connectivity index (χ3v) is 5.37. The molecular formula is C28H39N3O4. The Morgan fingerprint density at radius 2 is 1.60 bits per heavy atom. The molecule has 0 heterocycles. The van der Waals surface area contributed by atoms with Gasteiger partial charge < -0.3 is 20.3 Å². The Kier molecular flexibility index (Phi) is 10.8. The number of ether oxygens (including phenoxy) is 1. The maximum absolute atomic E-state index is 13.5. The Labute approximate surface area is 209 Å². The van der Waals surface area contributed by atoms with Crippen LogP contribution in [0.2, 0.25) is 0 Å². The third kappa shape index (κ3) is 9.81. The molecule has 0 aliphatic carbocycles. The summed E-state index contributed by atoms with van der Waals surface area (Å²) >= 11 is 0. The van der Waals surface area contributed by atoms with E-state index < -0.39 is 17.7 Å². The zero-order chi connectivity index (χ0) is 25.8. The van der Waals surface area contributed by atoms with Crippen LogP contribution >= 0.6 is 0 Å². The van der Waals surface area contributed by atoms with Crippen molar-refractivity contribution in [1.29, 1.82) is 0 Å². The van der Waals surface area contributed by atoms with E-state index in [-0.39, 0.29) is 18.4 Å². The number of nitrogens with zero attached hydrogens (tertiary/aromatic N) is 1. The number of rotatable bonds is 11. The van der Waals surface area contributed by atoms with Crippen LogP contribution < -0.4 is 10.6 Å². The van der Waals surface area contributed by atoms with Gasteiger partial charge in [0.1, 0.15) is 18.2 Å². The zero-order valence-corrected chi connectivity index (χ0v) is 21.6. The van der Waals surface area contributed by atoms with Crippen LogP contribution in [0.15, 0.2) is 54.6 Å². The van der Waals surface area contributed by atoms with Gasteiger partial charge in [0, 0.05) is 13.1 Å². The molecule has 7 heteroatoms. The Morgan fingerprint density at radius 1 is 0.943 bits per heavy atom. The lowest BCUT2D eigenvalue weighted by atomic mass is 10.0. The van der Waals surface area contributed by atoms with E-state index >= 15 is 0 Å². The summed E-state index contributed by atoms with van der Waals surface area (Å²) in [5.41, 5.74) is 2.09. The molecule has 0 bridgehead atoms. The van der Waals surface area contributed by atoms with E-state index in [2.05, 4.69) is 17.6 Å². The predicted molar refractivity (Wildman–Crippen MR) is 138 cm³/mol. The minimum atomic E-state index is -0.816. The molecule has 2 aromatic rings. The quantitative estimate of drug-likeness (QED) is 0.447. The molecule has 2 rings (SSSR count). The molecule has 7 nitrogen and oxygen atoms in total. The largest absolute Gasteiger partial charge is 0.444 e. The first-order valence-corrected chi connectivity index (χ1v) is 12.2. The summed E-state index contributed by atoms with van der Waals surface area (Å²) in [6.07, 6.45) is 1.99. The standard InChI is InChI=1S/C28H39N3O4/c1-6-7-11-18-31(24(32)20-30-27(34)35-28(3,4)5)25(23-16-14-21(2)15-17-23)26(33)29-19-22-12-9-8-10-13-22/h8-10,12-17,25H,6-7,11,18-20H2,1-5H3,(H,29,33)(H,30,34). The summed E-state index contributed by atoms with van der Waals surface area (Å²) in [5.74, 6) is -0.604. The maximum atomic E-state index is 13.5. The van der Waals surface area contributed by atoms with Crippen molar-refractivity contribution in [1.82, 2.24) is 15.5 Å². The van der Waals surface area contributed by atoms with Crippen molar-refractivity contribution >= 4 is 17.9 Å². The predicted octanol–water partition coefficient (Wildman–Crippen LogP) is 4.90. The minimum Gasteiger partial charge on any atom is -0.444 e. The Morgan fingerprint density at radius 3 is 2.20 bits per heavy atom. The second-order valence-corrected chi connectivity index (χ2v) is 9.67. The van der Waals surface area contributed by atoms with E-state index in [1.54, 1.807) is 25.7 Å². The van der Waals surface area contributed by atoms with Gasteiger partial charge in [-0.15, -0.1) is 0 Å². The lowest BCUT2D eigenvalue weighted by molar-refractivity contribution is -0.140. The fourth-order valence-corrected chi connectivity index (χ4v) is 3.60. The van der Waals surface area contributed by atoms with Crippen molar-refractivity contribution < 1.29 is 19.1 Å². The highest BCUT2D eigenvalue weighted by Crippen LogP contribution is 2.23. The summed E-state index contributed by atoms with van der Waals surface area (Å²) in [4.78, 5) is 40.5. The number of hydrogen-bond donors (Lipinski definition) is 2. The number of alkyl carbamates (subject to hydrolysis) is 1. The molecule has 0 saturated heterocycles. The van der Waals surface area contributed by atoms with Gasteiger partial charge in [-0.25, -0.2) is 4.79 Å². The average molecular weight is 482 g/mol.